The summed E-state index contributed by atoms with van der Waals surface area (Å²) in [6.07, 6.45) is 1.96. The summed E-state index contributed by atoms with van der Waals surface area (Å²) in [6.45, 7) is 2.45. The summed E-state index contributed by atoms with van der Waals surface area (Å²) in [5.74, 6) is 0.561. The Labute approximate surface area is 111 Å². The molecule has 0 aromatic carbocycles. The summed E-state index contributed by atoms with van der Waals surface area (Å²) in [5, 5.41) is 11.9. The first-order valence-electron chi connectivity index (χ1n) is 5.82. The lowest BCUT2D eigenvalue weighted by Gasteiger charge is -2.08. The van der Waals surface area contributed by atoms with E-state index in [4.69, 9.17) is 5.26 Å². The molecular weight excluding hydrogens is 270 g/mol. The van der Waals surface area contributed by atoms with Crippen LogP contribution in [0.5, 0.6) is 0 Å². The van der Waals surface area contributed by atoms with Crippen LogP contribution >= 0.6 is 11.3 Å². The van der Waals surface area contributed by atoms with E-state index >= 15 is 0 Å². The van der Waals surface area contributed by atoms with Gasteiger partial charge in [0, 0.05) is 6.54 Å². The molecule has 1 atom stereocenters. The smallest absolute Gasteiger partial charge is 0.250 e. The van der Waals surface area contributed by atoms with Crippen molar-refractivity contribution in [2.45, 2.75) is 17.1 Å². The summed E-state index contributed by atoms with van der Waals surface area (Å²) in [4.78, 5) is 0.412. The van der Waals surface area contributed by atoms with Gasteiger partial charge in [-0.25, -0.2) is 13.1 Å². The van der Waals surface area contributed by atoms with Crippen molar-refractivity contribution >= 4 is 21.4 Å². The largest absolute Gasteiger partial charge is 0.316 e. The molecule has 1 aliphatic heterocycles. The van der Waals surface area contributed by atoms with Gasteiger partial charge in [-0.05, 0) is 44.0 Å². The number of rotatable bonds is 5. The normalized spacial score (nSPS) is 19.8. The molecule has 7 heteroatoms. The number of nitrogens with one attached hydrogen (secondary N) is 2. The minimum absolute atomic E-state index is 0.212. The van der Waals surface area contributed by atoms with E-state index in [0.717, 1.165) is 37.3 Å². The molecule has 0 aliphatic carbocycles. The van der Waals surface area contributed by atoms with Gasteiger partial charge in [-0.15, -0.1) is 11.3 Å². The van der Waals surface area contributed by atoms with E-state index in [2.05, 4.69) is 10.0 Å². The zero-order valence-corrected chi connectivity index (χ0v) is 11.5. The molecular formula is C11H15N3O2S2. The number of nitriles is 1. The van der Waals surface area contributed by atoms with Crippen molar-refractivity contribution in [1.82, 2.24) is 10.0 Å². The molecule has 5 nitrogen and oxygen atoms in total. The average Bonchev–Trinajstić information content (AvgIpc) is 2.99. The zero-order chi connectivity index (χ0) is 13.0. The predicted octanol–water partition coefficient (Wildman–Crippen LogP) is 0.898. The highest BCUT2D eigenvalue weighted by Crippen LogP contribution is 2.20. The Morgan fingerprint density at radius 1 is 1.56 bits per heavy atom. The van der Waals surface area contributed by atoms with Crippen LogP contribution in [0.3, 0.4) is 0 Å². The molecule has 1 aromatic rings. The van der Waals surface area contributed by atoms with Gasteiger partial charge in [0.15, 0.2) is 0 Å². The Morgan fingerprint density at radius 2 is 2.39 bits per heavy atom. The SMILES string of the molecule is N#Cc1ccc(S(=O)(=O)NCCC2CCNC2)s1. The Kier molecular flexibility index (Phi) is 4.35. The van der Waals surface area contributed by atoms with E-state index in [1.165, 1.54) is 12.1 Å². The second-order valence-electron chi connectivity index (χ2n) is 4.28. The number of hydrogen-bond acceptors (Lipinski definition) is 5. The molecule has 2 N–H and O–H groups in total. The summed E-state index contributed by atoms with van der Waals surface area (Å²) < 4.78 is 26.6. The van der Waals surface area contributed by atoms with Crippen molar-refractivity contribution < 1.29 is 8.42 Å². The molecule has 1 saturated heterocycles. The van der Waals surface area contributed by atoms with E-state index in [9.17, 15) is 8.42 Å². The molecule has 1 aliphatic rings. The summed E-state index contributed by atoms with van der Waals surface area (Å²) in [6, 6.07) is 4.94. The highest BCUT2D eigenvalue weighted by Gasteiger charge is 2.18. The maximum Gasteiger partial charge on any atom is 0.250 e. The fraction of sp³-hybridized carbons (Fsp3) is 0.545. The lowest BCUT2D eigenvalue weighted by molar-refractivity contribution is 0.520. The van der Waals surface area contributed by atoms with Gasteiger partial charge in [0.2, 0.25) is 10.0 Å². The molecule has 0 bridgehead atoms. The van der Waals surface area contributed by atoms with Crippen LogP contribution in [0.15, 0.2) is 16.3 Å². The second kappa shape index (κ2) is 5.80. The van der Waals surface area contributed by atoms with Crippen LogP contribution in [0.2, 0.25) is 0 Å². The van der Waals surface area contributed by atoms with Crippen LogP contribution in [0.25, 0.3) is 0 Å². The van der Waals surface area contributed by atoms with E-state index in [0.29, 0.717) is 17.3 Å². The first-order chi connectivity index (χ1) is 8.62. The lowest BCUT2D eigenvalue weighted by atomic mass is 10.1. The molecule has 1 aromatic heterocycles. The average molecular weight is 285 g/mol. The molecule has 1 unspecified atom stereocenters. The molecule has 0 amide bonds. The molecule has 0 radical (unpaired) electrons. The first kappa shape index (κ1) is 13.5. The maximum absolute atomic E-state index is 11.9. The number of nitrogens with zero attached hydrogens (tertiary/aromatic N) is 1. The van der Waals surface area contributed by atoms with Crippen LogP contribution in [-0.4, -0.2) is 28.1 Å². The molecule has 0 spiro atoms. The fourth-order valence-electron chi connectivity index (χ4n) is 1.95. The number of hydrogen-bond donors (Lipinski definition) is 2. The van der Waals surface area contributed by atoms with Crippen molar-refractivity contribution in [1.29, 1.82) is 5.26 Å². The van der Waals surface area contributed by atoms with Gasteiger partial charge in [-0.2, -0.15) is 5.26 Å². The van der Waals surface area contributed by atoms with Crippen LogP contribution in [0.4, 0.5) is 0 Å². The Bertz CT molecular complexity index is 539. The monoisotopic (exact) mass is 285 g/mol. The minimum atomic E-state index is -3.44. The molecule has 2 heterocycles. The molecule has 2 rings (SSSR count). The third-order valence-corrected chi connectivity index (χ3v) is 5.91. The Hall–Kier alpha value is -0.940. The summed E-state index contributed by atoms with van der Waals surface area (Å²) >= 11 is 0.999. The standard InChI is InChI=1S/C11H15N3O2S2/c12-7-10-1-2-11(17-10)18(15,16)14-6-4-9-3-5-13-8-9/h1-2,9,13-14H,3-6,8H2. The number of sulfonamides is 1. The predicted molar refractivity (Wildman–Crippen MR) is 69.8 cm³/mol. The third-order valence-electron chi connectivity index (χ3n) is 2.96. The van der Waals surface area contributed by atoms with Gasteiger partial charge in [0.05, 0.1) is 0 Å². The fourth-order valence-corrected chi connectivity index (χ4v) is 4.15. The van der Waals surface area contributed by atoms with E-state index in [1.807, 2.05) is 6.07 Å². The third kappa shape index (κ3) is 3.29. The van der Waals surface area contributed by atoms with Crippen molar-refractivity contribution in [2.75, 3.05) is 19.6 Å². The molecule has 18 heavy (non-hydrogen) atoms. The molecule has 0 saturated carbocycles. The van der Waals surface area contributed by atoms with Gasteiger partial charge in [-0.3, -0.25) is 0 Å². The summed E-state index contributed by atoms with van der Waals surface area (Å²) in [5.41, 5.74) is 0. The van der Waals surface area contributed by atoms with E-state index in [-0.39, 0.29) is 4.21 Å². The van der Waals surface area contributed by atoms with Crippen molar-refractivity contribution in [3.05, 3.63) is 17.0 Å². The van der Waals surface area contributed by atoms with Crippen LogP contribution in [0, 0.1) is 17.2 Å². The lowest BCUT2D eigenvalue weighted by Crippen LogP contribution is -2.26. The van der Waals surface area contributed by atoms with Gasteiger partial charge in [0.1, 0.15) is 15.2 Å². The van der Waals surface area contributed by atoms with Crippen molar-refractivity contribution in [3.63, 3.8) is 0 Å². The van der Waals surface area contributed by atoms with Crippen LogP contribution < -0.4 is 10.0 Å². The Balaban J connectivity index is 1.89. The number of thiophene rings is 1. The Morgan fingerprint density at radius 3 is 3.00 bits per heavy atom. The van der Waals surface area contributed by atoms with E-state index < -0.39 is 10.0 Å². The van der Waals surface area contributed by atoms with Crippen molar-refractivity contribution in [3.8, 4) is 6.07 Å². The van der Waals surface area contributed by atoms with Gasteiger partial charge < -0.3 is 5.32 Å². The maximum atomic E-state index is 11.9. The van der Waals surface area contributed by atoms with Crippen LogP contribution in [-0.2, 0) is 10.0 Å². The van der Waals surface area contributed by atoms with Crippen molar-refractivity contribution in [2.24, 2.45) is 5.92 Å². The molecule has 1 fully saturated rings. The highest BCUT2D eigenvalue weighted by atomic mass is 32.2. The quantitative estimate of drug-likeness (QED) is 0.842. The van der Waals surface area contributed by atoms with Gasteiger partial charge in [-0.1, -0.05) is 0 Å². The molecule has 98 valence electrons. The second-order valence-corrected chi connectivity index (χ2v) is 7.35. The summed E-state index contributed by atoms with van der Waals surface area (Å²) in [7, 11) is -3.44. The van der Waals surface area contributed by atoms with Crippen LogP contribution in [0.1, 0.15) is 17.7 Å². The topological polar surface area (TPSA) is 82.0 Å². The first-order valence-corrected chi connectivity index (χ1v) is 8.12. The van der Waals surface area contributed by atoms with Gasteiger partial charge >= 0.3 is 0 Å². The van der Waals surface area contributed by atoms with Gasteiger partial charge in [0.25, 0.3) is 0 Å². The highest BCUT2D eigenvalue weighted by molar-refractivity contribution is 7.91. The van der Waals surface area contributed by atoms with E-state index in [1.54, 1.807) is 0 Å². The zero-order valence-electron chi connectivity index (χ0n) is 9.85. The minimum Gasteiger partial charge on any atom is -0.316 e.